The van der Waals surface area contributed by atoms with Crippen LogP contribution < -0.4 is 4.72 Å². The zero-order chi connectivity index (χ0) is 13.1. The van der Waals surface area contributed by atoms with Crippen LogP contribution in [-0.2, 0) is 10.0 Å². The Morgan fingerprint density at radius 3 is 2.53 bits per heavy atom. The highest BCUT2D eigenvalue weighted by Gasteiger charge is 2.25. The fourth-order valence-corrected chi connectivity index (χ4v) is 3.56. The predicted molar refractivity (Wildman–Crippen MR) is 68.0 cm³/mol. The van der Waals surface area contributed by atoms with Crippen LogP contribution in [0.4, 0.5) is 0 Å². The van der Waals surface area contributed by atoms with Crippen LogP contribution in [0.5, 0.6) is 0 Å². The molecule has 17 heavy (non-hydrogen) atoms. The third-order valence-corrected chi connectivity index (χ3v) is 4.09. The topological polar surface area (TPSA) is 74.8 Å². The van der Waals surface area contributed by atoms with Crippen molar-refractivity contribution in [3.8, 4) is 0 Å². The molecule has 0 amide bonds. The van der Waals surface area contributed by atoms with Gasteiger partial charge in [0.25, 0.3) is 0 Å². The van der Waals surface area contributed by atoms with Gasteiger partial charge in [-0.3, -0.25) is 0 Å². The maximum atomic E-state index is 12.0. The molecule has 0 aliphatic carbocycles. The third kappa shape index (κ3) is 4.87. The van der Waals surface area contributed by atoms with Gasteiger partial charge < -0.3 is 4.98 Å². The van der Waals surface area contributed by atoms with Crippen molar-refractivity contribution < 1.29 is 8.42 Å². The summed E-state index contributed by atoms with van der Waals surface area (Å²) in [5.41, 5.74) is -0.257. The van der Waals surface area contributed by atoms with Crippen molar-refractivity contribution in [1.29, 1.82) is 0 Å². The molecule has 1 aromatic heterocycles. The molecule has 0 radical (unpaired) electrons. The van der Waals surface area contributed by atoms with Gasteiger partial charge in [0.05, 0.1) is 11.8 Å². The lowest BCUT2D eigenvalue weighted by molar-refractivity contribution is 0.451. The normalized spacial score (nSPS) is 14.8. The van der Waals surface area contributed by atoms with E-state index in [1.807, 2.05) is 27.7 Å². The number of sulfonamides is 1. The Hall–Kier alpha value is -0.880. The zero-order valence-corrected chi connectivity index (χ0v) is 11.6. The lowest BCUT2D eigenvalue weighted by atomic mass is 10.0. The molecular formula is C11H21N3O2S. The molecule has 1 unspecified atom stereocenters. The Kier molecular flexibility index (Phi) is 4.32. The Morgan fingerprint density at radius 2 is 2.12 bits per heavy atom. The first-order chi connectivity index (χ1) is 7.73. The van der Waals surface area contributed by atoms with Crippen molar-refractivity contribution in [1.82, 2.24) is 14.7 Å². The highest BCUT2D eigenvalue weighted by Crippen LogP contribution is 2.19. The van der Waals surface area contributed by atoms with E-state index in [-0.39, 0.29) is 17.2 Å². The molecule has 0 aliphatic rings. The summed E-state index contributed by atoms with van der Waals surface area (Å²) < 4.78 is 26.6. The van der Waals surface area contributed by atoms with Crippen LogP contribution in [-0.4, -0.2) is 24.1 Å². The molecule has 0 aliphatic heterocycles. The zero-order valence-electron chi connectivity index (χ0n) is 10.8. The Bertz CT molecular complexity index is 432. The molecule has 1 heterocycles. The van der Waals surface area contributed by atoms with E-state index in [1.54, 1.807) is 12.4 Å². The third-order valence-electron chi connectivity index (χ3n) is 2.20. The van der Waals surface area contributed by atoms with Crippen LogP contribution in [0, 0.1) is 5.41 Å². The van der Waals surface area contributed by atoms with Crippen molar-refractivity contribution in [3.63, 3.8) is 0 Å². The van der Waals surface area contributed by atoms with Gasteiger partial charge in [-0.05, 0) is 11.8 Å². The molecule has 2 N–H and O–H groups in total. The number of hydrogen-bond donors (Lipinski definition) is 2. The van der Waals surface area contributed by atoms with Gasteiger partial charge in [-0.1, -0.05) is 27.7 Å². The lowest BCUT2D eigenvalue weighted by Crippen LogP contribution is -2.35. The van der Waals surface area contributed by atoms with Crippen LogP contribution in [0.25, 0.3) is 0 Å². The molecule has 1 atom stereocenters. The summed E-state index contributed by atoms with van der Waals surface area (Å²) >= 11 is 0. The minimum Gasteiger partial charge on any atom is -0.347 e. The highest BCUT2D eigenvalue weighted by atomic mass is 32.2. The van der Waals surface area contributed by atoms with Gasteiger partial charge in [-0.15, -0.1) is 0 Å². The van der Waals surface area contributed by atoms with E-state index in [0.717, 1.165) is 0 Å². The average Bonchev–Trinajstić information content (AvgIpc) is 2.62. The number of aromatic nitrogens is 2. The molecule has 98 valence electrons. The molecule has 6 heteroatoms. The molecule has 0 spiro atoms. The summed E-state index contributed by atoms with van der Waals surface area (Å²) in [6, 6.07) is -0.280. The minimum absolute atomic E-state index is 0.108. The second-order valence-electron chi connectivity index (χ2n) is 5.37. The SMILES string of the molecule is CCC(NS(=O)(=O)CC(C)(C)C)c1ncc[nH]1. The van der Waals surface area contributed by atoms with Crippen molar-refractivity contribution in [3.05, 3.63) is 18.2 Å². The molecule has 1 rings (SSSR count). The first-order valence-electron chi connectivity index (χ1n) is 5.73. The minimum atomic E-state index is -3.29. The van der Waals surface area contributed by atoms with Gasteiger partial charge >= 0.3 is 0 Å². The first kappa shape index (κ1) is 14.2. The Labute approximate surface area is 103 Å². The van der Waals surface area contributed by atoms with Crippen LogP contribution in [0.3, 0.4) is 0 Å². The van der Waals surface area contributed by atoms with E-state index in [9.17, 15) is 8.42 Å². The number of nitrogens with one attached hydrogen (secondary N) is 2. The molecule has 0 saturated carbocycles. The fourth-order valence-electron chi connectivity index (χ4n) is 1.63. The monoisotopic (exact) mass is 259 g/mol. The van der Waals surface area contributed by atoms with E-state index >= 15 is 0 Å². The number of imidazole rings is 1. The molecular weight excluding hydrogens is 238 g/mol. The van der Waals surface area contributed by atoms with Gasteiger partial charge in [0.2, 0.25) is 10.0 Å². The van der Waals surface area contributed by atoms with Crippen LogP contribution in [0.2, 0.25) is 0 Å². The van der Waals surface area contributed by atoms with E-state index in [2.05, 4.69) is 14.7 Å². The maximum absolute atomic E-state index is 12.0. The summed E-state index contributed by atoms with van der Waals surface area (Å²) in [5.74, 6) is 0.766. The second kappa shape index (κ2) is 5.18. The van der Waals surface area contributed by atoms with E-state index in [1.165, 1.54) is 0 Å². The lowest BCUT2D eigenvalue weighted by Gasteiger charge is -2.21. The molecule has 0 bridgehead atoms. The summed E-state index contributed by atoms with van der Waals surface area (Å²) in [7, 11) is -3.29. The van der Waals surface area contributed by atoms with Gasteiger partial charge in [0, 0.05) is 12.4 Å². The van der Waals surface area contributed by atoms with Crippen molar-refractivity contribution in [2.45, 2.75) is 40.2 Å². The van der Waals surface area contributed by atoms with E-state index in [4.69, 9.17) is 0 Å². The summed E-state index contributed by atoms with van der Waals surface area (Å²) in [5, 5.41) is 0. The summed E-state index contributed by atoms with van der Waals surface area (Å²) in [6.45, 7) is 7.63. The molecule has 5 nitrogen and oxygen atoms in total. The number of nitrogens with zero attached hydrogens (tertiary/aromatic N) is 1. The van der Waals surface area contributed by atoms with Gasteiger partial charge in [0.15, 0.2) is 0 Å². The smallest absolute Gasteiger partial charge is 0.212 e. The van der Waals surface area contributed by atoms with Crippen LogP contribution >= 0.6 is 0 Å². The van der Waals surface area contributed by atoms with Crippen molar-refractivity contribution in [2.75, 3.05) is 5.75 Å². The molecule has 1 aromatic rings. The largest absolute Gasteiger partial charge is 0.347 e. The quantitative estimate of drug-likeness (QED) is 0.847. The van der Waals surface area contributed by atoms with Crippen molar-refractivity contribution in [2.24, 2.45) is 5.41 Å². The Morgan fingerprint density at radius 1 is 1.47 bits per heavy atom. The van der Waals surface area contributed by atoms with Crippen molar-refractivity contribution >= 4 is 10.0 Å². The molecule has 0 fully saturated rings. The number of aromatic amines is 1. The standard InChI is InChI=1S/C11H21N3O2S/c1-5-9(10-12-6-7-13-10)14-17(15,16)8-11(2,3)4/h6-7,9,14H,5,8H2,1-4H3,(H,12,13). The first-order valence-corrected chi connectivity index (χ1v) is 7.38. The predicted octanol–water partition coefficient (Wildman–Crippen LogP) is 1.83. The van der Waals surface area contributed by atoms with Gasteiger partial charge in [-0.2, -0.15) is 0 Å². The van der Waals surface area contributed by atoms with Crippen LogP contribution in [0.15, 0.2) is 12.4 Å². The summed E-state index contributed by atoms with van der Waals surface area (Å²) in [6.07, 6.45) is 3.98. The van der Waals surface area contributed by atoms with Gasteiger partial charge in [-0.25, -0.2) is 18.1 Å². The second-order valence-corrected chi connectivity index (χ2v) is 7.13. The number of rotatable bonds is 5. The fraction of sp³-hybridized carbons (Fsp3) is 0.727. The Balaban J connectivity index is 2.75. The molecule has 0 saturated heterocycles. The number of hydrogen-bond acceptors (Lipinski definition) is 3. The van der Waals surface area contributed by atoms with E-state index in [0.29, 0.717) is 12.2 Å². The summed E-state index contributed by atoms with van der Waals surface area (Å²) in [4.78, 5) is 7.02. The highest BCUT2D eigenvalue weighted by molar-refractivity contribution is 7.89. The van der Waals surface area contributed by atoms with Gasteiger partial charge in [0.1, 0.15) is 5.82 Å². The number of H-pyrrole nitrogens is 1. The average molecular weight is 259 g/mol. The maximum Gasteiger partial charge on any atom is 0.212 e. The van der Waals surface area contributed by atoms with Crippen LogP contribution in [0.1, 0.15) is 46.0 Å². The van der Waals surface area contributed by atoms with E-state index < -0.39 is 10.0 Å². The molecule has 0 aromatic carbocycles.